The second-order valence-corrected chi connectivity index (χ2v) is 2.79. The average Bonchev–Trinajstić information content (AvgIpc) is 2.05. The quantitative estimate of drug-likeness (QED) is 0.657. The Morgan fingerprint density at radius 2 is 1.91 bits per heavy atom. The zero-order valence-electron chi connectivity index (χ0n) is 6.21. The van der Waals surface area contributed by atoms with Crippen LogP contribution in [-0.4, -0.2) is 0 Å². The summed E-state index contributed by atoms with van der Waals surface area (Å²) >= 11 is 5.68. The van der Waals surface area contributed by atoms with E-state index in [1.807, 2.05) is 19.1 Å². The molecule has 2 nitrogen and oxygen atoms in total. The minimum absolute atomic E-state index is 0.0627. The maximum absolute atomic E-state index is 6.79. The van der Waals surface area contributed by atoms with Crippen molar-refractivity contribution in [1.82, 2.24) is 0 Å². The predicted molar refractivity (Wildman–Crippen MR) is 45.0 cm³/mol. The van der Waals surface area contributed by atoms with Crippen LogP contribution in [-0.2, 0) is 0 Å². The van der Waals surface area contributed by atoms with Crippen LogP contribution in [0.3, 0.4) is 0 Å². The molecule has 0 bridgehead atoms. The summed E-state index contributed by atoms with van der Waals surface area (Å²) in [5.41, 5.74) is 7.81. The van der Waals surface area contributed by atoms with Crippen LogP contribution in [0, 0.1) is 5.53 Å². The van der Waals surface area contributed by atoms with Gasteiger partial charge in [0.25, 0.3) is 0 Å². The van der Waals surface area contributed by atoms with Crippen LogP contribution in [0.5, 0.6) is 0 Å². The topological polar surface area (TPSA) is 36.2 Å². The third-order valence-corrected chi connectivity index (χ3v) is 1.80. The number of hydrogen-bond donors (Lipinski definition) is 1. The van der Waals surface area contributed by atoms with Crippen LogP contribution in [0.25, 0.3) is 0 Å². The predicted octanol–water partition coefficient (Wildman–Crippen LogP) is 3.43. The number of nitrogens with one attached hydrogen (secondary N) is 1. The molecule has 0 aliphatic carbocycles. The smallest absolute Gasteiger partial charge is 0.0927 e. The molecular formula is C8H9ClN2. The van der Waals surface area contributed by atoms with Gasteiger partial charge < -0.3 is 0 Å². The minimum atomic E-state index is -0.0627. The van der Waals surface area contributed by atoms with Gasteiger partial charge in [0.15, 0.2) is 0 Å². The number of benzene rings is 1. The molecule has 0 saturated heterocycles. The summed E-state index contributed by atoms with van der Waals surface area (Å²) in [4.78, 5) is 0. The van der Waals surface area contributed by atoms with E-state index in [2.05, 4.69) is 5.11 Å². The van der Waals surface area contributed by atoms with E-state index in [9.17, 15) is 0 Å². The molecule has 0 fully saturated rings. The molecule has 1 atom stereocenters. The second kappa shape index (κ2) is 3.49. The lowest BCUT2D eigenvalue weighted by atomic mass is 10.1. The van der Waals surface area contributed by atoms with Crippen molar-refractivity contribution in [3.05, 3.63) is 34.9 Å². The standard InChI is InChI=1S/C8H9ClN2/c1-6(11-10)7-2-4-8(9)5-3-7/h2-6,10H,1H3. The van der Waals surface area contributed by atoms with Gasteiger partial charge in [0.1, 0.15) is 0 Å². The molecule has 0 radical (unpaired) electrons. The highest BCUT2D eigenvalue weighted by Crippen LogP contribution is 2.18. The number of rotatable bonds is 2. The monoisotopic (exact) mass is 168 g/mol. The zero-order valence-corrected chi connectivity index (χ0v) is 6.97. The summed E-state index contributed by atoms with van der Waals surface area (Å²) in [5.74, 6) is 0. The molecule has 1 rings (SSSR count). The van der Waals surface area contributed by atoms with Crippen LogP contribution >= 0.6 is 11.6 Å². The molecule has 0 spiro atoms. The first-order valence-corrected chi connectivity index (χ1v) is 3.74. The Balaban J connectivity index is 2.89. The van der Waals surface area contributed by atoms with Crippen LogP contribution in [0.2, 0.25) is 5.02 Å². The van der Waals surface area contributed by atoms with Crippen molar-refractivity contribution in [2.75, 3.05) is 0 Å². The maximum atomic E-state index is 6.79. The largest absolute Gasteiger partial charge is 0.209 e. The van der Waals surface area contributed by atoms with E-state index in [0.717, 1.165) is 5.56 Å². The van der Waals surface area contributed by atoms with Crippen molar-refractivity contribution in [2.45, 2.75) is 13.0 Å². The molecule has 0 aliphatic heterocycles. The van der Waals surface area contributed by atoms with Crippen LogP contribution in [0.1, 0.15) is 18.5 Å². The van der Waals surface area contributed by atoms with Crippen molar-refractivity contribution in [1.29, 1.82) is 5.53 Å². The number of halogens is 1. The first-order chi connectivity index (χ1) is 5.24. The molecule has 1 aromatic rings. The molecular weight excluding hydrogens is 160 g/mol. The molecule has 0 amide bonds. The Kier molecular flexibility index (Phi) is 2.60. The van der Waals surface area contributed by atoms with Gasteiger partial charge in [0, 0.05) is 5.02 Å². The van der Waals surface area contributed by atoms with E-state index in [4.69, 9.17) is 17.1 Å². The molecule has 0 saturated carbocycles. The minimum Gasteiger partial charge on any atom is -0.209 e. The lowest BCUT2D eigenvalue weighted by Gasteiger charge is -2.02. The molecule has 0 heterocycles. The fraction of sp³-hybridized carbons (Fsp3) is 0.250. The highest BCUT2D eigenvalue weighted by molar-refractivity contribution is 6.30. The number of hydrogen-bond acceptors (Lipinski definition) is 2. The fourth-order valence-electron chi connectivity index (χ4n) is 0.816. The van der Waals surface area contributed by atoms with Gasteiger partial charge in [-0.3, -0.25) is 0 Å². The van der Waals surface area contributed by atoms with E-state index >= 15 is 0 Å². The molecule has 0 aromatic heterocycles. The Labute approximate surface area is 70.7 Å². The Bertz CT molecular complexity index is 243. The van der Waals surface area contributed by atoms with E-state index < -0.39 is 0 Å². The van der Waals surface area contributed by atoms with Gasteiger partial charge in [0.05, 0.1) is 6.04 Å². The SMILES string of the molecule is CC(N=N)c1ccc(Cl)cc1. The normalized spacial score (nSPS) is 12.5. The first-order valence-electron chi connectivity index (χ1n) is 3.36. The van der Waals surface area contributed by atoms with Gasteiger partial charge in [0.2, 0.25) is 0 Å². The van der Waals surface area contributed by atoms with Crippen molar-refractivity contribution in [2.24, 2.45) is 5.11 Å². The lowest BCUT2D eigenvalue weighted by Crippen LogP contribution is -1.86. The third-order valence-electron chi connectivity index (χ3n) is 1.55. The van der Waals surface area contributed by atoms with Crippen LogP contribution < -0.4 is 0 Å². The van der Waals surface area contributed by atoms with Gasteiger partial charge in [-0.15, -0.1) is 0 Å². The molecule has 58 valence electrons. The average molecular weight is 169 g/mol. The Morgan fingerprint density at radius 1 is 1.36 bits per heavy atom. The van der Waals surface area contributed by atoms with E-state index in [-0.39, 0.29) is 6.04 Å². The molecule has 1 aromatic carbocycles. The molecule has 3 heteroatoms. The zero-order chi connectivity index (χ0) is 8.27. The van der Waals surface area contributed by atoms with Crippen molar-refractivity contribution in [3.63, 3.8) is 0 Å². The van der Waals surface area contributed by atoms with E-state index in [1.165, 1.54) is 0 Å². The summed E-state index contributed by atoms with van der Waals surface area (Å²) in [5, 5.41) is 4.11. The Morgan fingerprint density at radius 3 is 2.36 bits per heavy atom. The fourth-order valence-corrected chi connectivity index (χ4v) is 0.942. The Hall–Kier alpha value is -0.890. The maximum Gasteiger partial charge on any atom is 0.0927 e. The van der Waals surface area contributed by atoms with Gasteiger partial charge >= 0.3 is 0 Å². The van der Waals surface area contributed by atoms with Crippen molar-refractivity contribution >= 4 is 11.6 Å². The third kappa shape index (κ3) is 2.02. The van der Waals surface area contributed by atoms with E-state index in [0.29, 0.717) is 5.02 Å². The van der Waals surface area contributed by atoms with E-state index in [1.54, 1.807) is 12.1 Å². The highest BCUT2D eigenvalue weighted by Gasteiger charge is 2.00. The lowest BCUT2D eigenvalue weighted by molar-refractivity contribution is 0.734. The van der Waals surface area contributed by atoms with Crippen LogP contribution in [0.15, 0.2) is 29.4 Å². The first kappa shape index (κ1) is 8.21. The summed E-state index contributed by atoms with van der Waals surface area (Å²) in [6.45, 7) is 1.87. The summed E-state index contributed by atoms with van der Waals surface area (Å²) in [7, 11) is 0. The summed E-state index contributed by atoms with van der Waals surface area (Å²) in [6, 6.07) is 7.31. The highest BCUT2D eigenvalue weighted by atomic mass is 35.5. The summed E-state index contributed by atoms with van der Waals surface area (Å²) in [6.07, 6.45) is 0. The summed E-state index contributed by atoms with van der Waals surface area (Å²) < 4.78 is 0. The molecule has 1 N–H and O–H groups in total. The van der Waals surface area contributed by atoms with Gasteiger partial charge in [-0.05, 0) is 24.6 Å². The molecule has 1 unspecified atom stereocenters. The van der Waals surface area contributed by atoms with Crippen molar-refractivity contribution in [3.8, 4) is 0 Å². The van der Waals surface area contributed by atoms with Gasteiger partial charge in [-0.1, -0.05) is 23.7 Å². The molecule has 0 aliphatic rings. The second-order valence-electron chi connectivity index (χ2n) is 2.36. The molecule has 11 heavy (non-hydrogen) atoms. The number of nitrogens with zero attached hydrogens (tertiary/aromatic N) is 1. The van der Waals surface area contributed by atoms with Crippen molar-refractivity contribution < 1.29 is 0 Å². The van der Waals surface area contributed by atoms with Gasteiger partial charge in [-0.25, -0.2) is 5.53 Å². The van der Waals surface area contributed by atoms with Crippen LogP contribution in [0.4, 0.5) is 0 Å². The van der Waals surface area contributed by atoms with Gasteiger partial charge in [-0.2, -0.15) is 5.11 Å².